The van der Waals surface area contributed by atoms with Gasteiger partial charge in [0.25, 0.3) is 0 Å². The van der Waals surface area contributed by atoms with Crippen molar-refractivity contribution < 1.29 is 9.15 Å². The fourth-order valence-corrected chi connectivity index (χ4v) is 2.32. The van der Waals surface area contributed by atoms with Crippen molar-refractivity contribution in [3.05, 3.63) is 65.6 Å². The van der Waals surface area contributed by atoms with Gasteiger partial charge in [-0.2, -0.15) is 0 Å². The van der Waals surface area contributed by atoms with Crippen LogP contribution in [0.5, 0.6) is 5.75 Å². The van der Waals surface area contributed by atoms with Crippen LogP contribution >= 0.6 is 0 Å². The Bertz CT molecular complexity index is 584. The Hall–Kier alpha value is -2.00. The summed E-state index contributed by atoms with van der Waals surface area (Å²) in [7, 11) is 0. The fraction of sp³-hybridized carbons (Fsp3) is 0.333. The molecule has 0 amide bonds. The maximum Gasteiger partial charge on any atom is 0.119 e. The molecule has 1 unspecified atom stereocenters. The van der Waals surface area contributed by atoms with E-state index in [1.807, 2.05) is 26.0 Å². The lowest BCUT2D eigenvalue weighted by atomic mass is 10.1. The highest BCUT2D eigenvalue weighted by Crippen LogP contribution is 2.21. The van der Waals surface area contributed by atoms with Crippen molar-refractivity contribution in [2.45, 2.75) is 33.4 Å². The Morgan fingerprint density at radius 1 is 1.29 bits per heavy atom. The van der Waals surface area contributed by atoms with Gasteiger partial charge in [0.15, 0.2) is 0 Å². The molecular formula is C18H23NO2. The number of nitrogens with one attached hydrogen (secondary N) is 1. The van der Waals surface area contributed by atoms with Crippen LogP contribution in [-0.4, -0.2) is 6.61 Å². The first-order valence-corrected chi connectivity index (χ1v) is 7.23. The molecule has 1 N–H and O–H groups in total. The number of furan rings is 1. The van der Waals surface area contributed by atoms with E-state index in [1.165, 1.54) is 11.1 Å². The zero-order valence-corrected chi connectivity index (χ0v) is 13.0. The quantitative estimate of drug-likeness (QED) is 0.770. The van der Waals surface area contributed by atoms with Crippen LogP contribution in [0.4, 0.5) is 0 Å². The minimum absolute atomic E-state index is 0.263. The number of rotatable bonds is 7. The van der Waals surface area contributed by atoms with Gasteiger partial charge in [0.1, 0.15) is 23.9 Å². The maximum atomic E-state index is 5.58. The molecule has 1 aromatic heterocycles. The number of hydrogen-bond donors (Lipinski definition) is 1. The molecule has 0 radical (unpaired) electrons. The predicted molar refractivity (Wildman–Crippen MR) is 85.6 cm³/mol. The van der Waals surface area contributed by atoms with Gasteiger partial charge in [-0.15, -0.1) is 0 Å². The summed E-state index contributed by atoms with van der Waals surface area (Å²) < 4.78 is 11.0. The molecule has 3 nitrogen and oxygen atoms in total. The first kappa shape index (κ1) is 15.4. The number of ether oxygens (including phenoxy) is 1. The number of aryl methyl sites for hydroxylation is 2. The summed E-state index contributed by atoms with van der Waals surface area (Å²) in [6.45, 7) is 11.1. The molecule has 0 aliphatic rings. The van der Waals surface area contributed by atoms with Crippen LogP contribution in [0.25, 0.3) is 0 Å². The van der Waals surface area contributed by atoms with E-state index in [2.05, 4.69) is 37.0 Å². The highest BCUT2D eigenvalue weighted by Gasteiger charge is 2.11. The van der Waals surface area contributed by atoms with Crippen LogP contribution in [0.2, 0.25) is 0 Å². The molecule has 0 saturated heterocycles. The molecule has 0 saturated carbocycles. The van der Waals surface area contributed by atoms with E-state index >= 15 is 0 Å². The van der Waals surface area contributed by atoms with Gasteiger partial charge in [-0.1, -0.05) is 24.8 Å². The van der Waals surface area contributed by atoms with Gasteiger partial charge in [-0.05, 0) is 44.5 Å². The minimum Gasteiger partial charge on any atom is -0.490 e. The van der Waals surface area contributed by atoms with E-state index in [0.717, 1.165) is 23.8 Å². The summed E-state index contributed by atoms with van der Waals surface area (Å²) in [5, 5.41) is 3.52. The van der Waals surface area contributed by atoms with Crippen LogP contribution in [0.15, 0.2) is 47.4 Å². The molecule has 0 aliphatic carbocycles. The van der Waals surface area contributed by atoms with Crippen molar-refractivity contribution in [2.75, 3.05) is 6.61 Å². The average Bonchev–Trinajstić information content (AvgIpc) is 2.82. The lowest BCUT2D eigenvalue weighted by molar-refractivity contribution is 0.363. The Kier molecular flexibility index (Phi) is 5.23. The molecule has 112 valence electrons. The summed E-state index contributed by atoms with van der Waals surface area (Å²) in [4.78, 5) is 0. The Balaban J connectivity index is 1.90. The molecule has 0 bridgehead atoms. The van der Waals surface area contributed by atoms with Crippen LogP contribution in [0.1, 0.15) is 35.6 Å². The summed E-state index contributed by atoms with van der Waals surface area (Å²) in [6.07, 6.45) is 1.74. The molecule has 0 spiro atoms. The molecule has 2 aromatic rings. The highest BCUT2D eigenvalue weighted by atomic mass is 16.5. The summed E-state index contributed by atoms with van der Waals surface area (Å²) in [5.41, 5.74) is 2.45. The third-order valence-corrected chi connectivity index (χ3v) is 3.45. The molecule has 1 heterocycles. The molecule has 1 atom stereocenters. The third kappa shape index (κ3) is 4.23. The summed E-state index contributed by atoms with van der Waals surface area (Å²) >= 11 is 0. The predicted octanol–water partition coefficient (Wildman–Crippen LogP) is 4.31. The van der Waals surface area contributed by atoms with Gasteiger partial charge in [0.05, 0.1) is 0 Å². The SMILES string of the molecule is C=CCOc1ccc(CNC(C)c2cc(C)oc2C)cc1. The van der Waals surface area contributed by atoms with Crippen LogP contribution < -0.4 is 10.1 Å². The van der Waals surface area contributed by atoms with E-state index in [4.69, 9.17) is 9.15 Å². The Labute approximate surface area is 126 Å². The van der Waals surface area contributed by atoms with Crippen molar-refractivity contribution >= 4 is 0 Å². The second-order valence-electron chi connectivity index (χ2n) is 5.21. The summed E-state index contributed by atoms with van der Waals surface area (Å²) in [5.74, 6) is 2.81. The zero-order valence-electron chi connectivity index (χ0n) is 13.0. The third-order valence-electron chi connectivity index (χ3n) is 3.45. The van der Waals surface area contributed by atoms with Crippen LogP contribution in [-0.2, 0) is 6.54 Å². The van der Waals surface area contributed by atoms with E-state index in [9.17, 15) is 0 Å². The van der Waals surface area contributed by atoms with Gasteiger partial charge >= 0.3 is 0 Å². The van der Waals surface area contributed by atoms with Crippen LogP contribution in [0, 0.1) is 13.8 Å². The maximum absolute atomic E-state index is 5.58. The minimum atomic E-state index is 0.263. The molecule has 1 aromatic carbocycles. The number of benzene rings is 1. The largest absolute Gasteiger partial charge is 0.490 e. The van der Waals surface area contributed by atoms with Gasteiger partial charge in [0, 0.05) is 18.2 Å². The van der Waals surface area contributed by atoms with E-state index in [0.29, 0.717) is 6.61 Å². The van der Waals surface area contributed by atoms with Crippen molar-refractivity contribution in [2.24, 2.45) is 0 Å². The monoisotopic (exact) mass is 285 g/mol. The smallest absolute Gasteiger partial charge is 0.119 e. The van der Waals surface area contributed by atoms with Gasteiger partial charge < -0.3 is 14.5 Å². The summed E-state index contributed by atoms with van der Waals surface area (Å²) in [6, 6.07) is 10.5. The molecule has 2 rings (SSSR count). The number of hydrogen-bond acceptors (Lipinski definition) is 3. The van der Waals surface area contributed by atoms with Gasteiger partial charge in [-0.25, -0.2) is 0 Å². The normalized spacial score (nSPS) is 12.1. The van der Waals surface area contributed by atoms with Crippen molar-refractivity contribution in [1.82, 2.24) is 5.32 Å². The first-order valence-electron chi connectivity index (χ1n) is 7.23. The Morgan fingerprint density at radius 3 is 2.57 bits per heavy atom. The second-order valence-corrected chi connectivity index (χ2v) is 5.21. The van der Waals surface area contributed by atoms with Gasteiger partial charge in [0.2, 0.25) is 0 Å². The van der Waals surface area contributed by atoms with Crippen molar-refractivity contribution in [3.8, 4) is 5.75 Å². The van der Waals surface area contributed by atoms with Gasteiger partial charge in [-0.3, -0.25) is 0 Å². The molecule has 3 heteroatoms. The molecular weight excluding hydrogens is 262 g/mol. The standard InChI is InChI=1S/C18H23NO2/c1-5-10-20-17-8-6-16(7-9-17)12-19-14(3)18-11-13(2)21-15(18)4/h5-9,11,14,19H,1,10,12H2,2-4H3. The Morgan fingerprint density at radius 2 is 2.00 bits per heavy atom. The second kappa shape index (κ2) is 7.14. The van der Waals surface area contributed by atoms with E-state index < -0.39 is 0 Å². The molecule has 0 fully saturated rings. The van der Waals surface area contributed by atoms with E-state index in [-0.39, 0.29) is 6.04 Å². The lowest BCUT2D eigenvalue weighted by Crippen LogP contribution is -2.18. The fourth-order valence-electron chi connectivity index (χ4n) is 2.32. The topological polar surface area (TPSA) is 34.4 Å². The van der Waals surface area contributed by atoms with Crippen molar-refractivity contribution in [1.29, 1.82) is 0 Å². The average molecular weight is 285 g/mol. The molecule has 0 aliphatic heterocycles. The van der Waals surface area contributed by atoms with E-state index in [1.54, 1.807) is 6.08 Å². The molecule has 21 heavy (non-hydrogen) atoms. The van der Waals surface area contributed by atoms with Crippen LogP contribution in [0.3, 0.4) is 0 Å². The highest BCUT2D eigenvalue weighted by molar-refractivity contribution is 5.28. The lowest BCUT2D eigenvalue weighted by Gasteiger charge is -2.13. The first-order chi connectivity index (χ1) is 10.1. The van der Waals surface area contributed by atoms with Crippen molar-refractivity contribution in [3.63, 3.8) is 0 Å². The zero-order chi connectivity index (χ0) is 15.2.